The molecule has 1 N–H and O–H groups in total. The average molecular weight is 291 g/mol. The molecule has 0 atom stereocenters. The number of hydrogen-bond donors (Lipinski definition) is 1. The number of carbonyl (C=O) groups is 1. The van der Waals surface area contributed by atoms with Gasteiger partial charge in [0.2, 0.25) is 5.91 Å². The zero-order chi connectivity index (χ0) is 14.2. The summed E-state index contributed by atoms with van der Waals surface area (Å²) in [5.41, 5.74) is 1.00. The molecule has 2 aromatic rings. The lowest BCUT2D eigenvalue weighted by atomic mass is 10.2. The van der Waals surface area contributed by atoms with Crippen LogP contribution in [0, 0.1) is 0 Å². The maximum Gasteiger partial charge on any atom is 0.241 e. The van der Waals surface area contributed by atoms with Gasteiger partial charge in [-0.2, -0.15) is 16.9 Å². The van der Waals surface area contributed by atoms with E-state index in [2.05, 4.69) is 17.3 Å². The second kappa shape index (κ2) is 7.94. The number of hydrogen-bond acceptors (Lipinski definition) is 3. The van der Waals surface area contributed by atoms with Gasteiger partial charge in [0, 0.05) is 11.9 Å². The standard InChI is InChI=1S/C15H21N3OS/c1-2-9-20-10-5-8-16-15(19)12-18-14-7-4-3-6-13(14)11-17-18/h3-4,6-7,11H,2,5,8-10,12H2,1H3,(H,16,19). The number of fused-ring (bicyclic) bond motifs is 1. The smallest absolute Gasteiger partial charge is 0.241 e. The van der Waals surface area contributed by atoms with Crippen molar-refractivity contribution in [2.75, 3.05) is 18.1 Å². The molecule has 0 aliphatic carbocycles. The molecule has 1 heterocycles. The number of thioether (sulfide) groups is 1. The molecule has 4 nitrogen and oxygen atoms in total. The number of nitrogens with one attached hydrogen (secondary N) is 1. The van der Waals surface area contributed by atoms with Crippen LogP contribution in [0.1, 0.15) is 19.8 Å². The van der Waals surface area contributed by atoms with E-state index in [4.69, 9.17) is 0 Å². The summed E-state index contributed by atoms with van der Waals surface area (Å²) in [6.45, 7) is 3.22. The van der Waals surface area contributed by atoms with Crippen LogP contribution in [0.2, 0.25) is 0 Å². The molecule has 0 fully saturated rings. The van der Waals surface area contributed by atoms with Crippen molar-refractivity contribution in [2.45, 2.75) is 26.3 Å². The SMILES string of the molecule is CCCSCCCNC(=O)Cn1ncc2ccccc21. The quantitative estimate of drug-likeness (QED) is 0.761. The number of benzene rings is 1. The van der Waals surface area contributed by atoms with Crippen molar-refractivity contribution < 1.29 is 4.79 Å². The van der Waals surface area contributed by atoms with Gasteiger partial charge in [-0.3, -0.25) is 9.48 Å². The number of aromatic nitrogens is 2. The number of amides is 1. The Bertz CT molecular complexity index is 553. The number of para-hydroxylation sites is 1. The lowest BCUT2D eigenvalue weighted by Gasteiger charge is -2.06. The Morgan fingerprint density at radius 1 is 1.35 bits per heavy atom. The van der Waals surface area contributed by atoms with E-state index in [0.717, 1.165) is 29.6 Å². The molecule has 0 spiro atoms. The second-order valence-electron chi connectivity index (χ2n) is 4.68. The third kappa shape index (κ3) is 4.27. The summed E-state index contributed by atoms with van der Waals surface area (Å²) < 4.78 is 1.75. The predicted molar refractivity (Wildman–Crippen MR) is 85.0 cm³/mol. The molecular weight excluding hydrogens is 270 g/mol. The summed E-state index contributed by atoms with van der Waals surface area (Å²) in [5.74, 6) is 2.34. The minimum absolute atomic E-state index is 0.0272. The van der Waals surface area contributed by atoms with Gasteiger partial charge in [0.1, 0.15) is 6.54 Å². The molecule has 0 saturated heterocycles. The first-order chi connectivity index (χ1) is 9.81. The van der Waals surface area contributed by atoms with Crippen LogP contribution in [0.4, 0.5) is 0 Å². The average Bonchev–Trinajstić information content (AvgIpc) is 2.86. The minimum atomic E-state index is 0.0272. The van der Waals surface area contributed by atoms with Crippen molar-refractivity contribution in [1.29, 1.82) is 0 Å². The highest BCUT2D eigenvalue weighted by molar-refractivity contribution is 7.99. The Labute approximate surface area is 123 Å². The summed E-state index contributed by atoms with van der Waals surface area (Å²) in [6.07, 6.45) is 4.03. The second-order valence-corrected chi connectivity index (χ2v) is 5.90. The first kappa shape index (κ1) is 14.9. The van der Waals surface area contributed by atoms with Gasteiger partial charge >= 0.3 is 0 Å². The van der Waals surface area contributed by atoms with Crippen LogP contribution in [0.15, 0.2) is 30.5 Å². The van der Waals surface area contributed by atoms with Crippen LogP contribution in [-0.2, 0) is 11.3 Å². The van der Waals surface area contributed by atoms with E-state index in [-0.39, 0.29) is 12.5 Å². The predicted octanol–water partition coefficient (Wildman–Crippen LogP) is 2.69. The zero-order valence-corrected chi connectivity index (χ0v) is 12.7. The maximum absolute atomic E-state index is 11.9. The summed E-state index contributed by atoms with van der Waals surface area (Å²) in [5, 5.41) is 8.27. The third-order valence-electron chi connectivity index (χ3n) is 2.98. The molecule has 108 valence electrons. The van der Waals surface area contributed by atoms with Crippen molar-refractivity contribution >= 4 is 28.6 Å². The molecule has 0 saturated carbocycles. The maximum atomic E-state index is 11.9. The van der Waals surface area contributed by atoms with Crippen molar-refractivity contribution in [2.24, 2.45) is 0 Å². The largest absolute Gasteiger partial charge is 0.354 e. The van der Waals surface area contributed by atoms with E-state index in [1.54, 1.807) is 10.9 Å². The molecule has 1 aromatic heterocycles. The third-order valence-corrected chi connectivity index (χ3v) is 4.25. The Morgan fingerprint density at radius 3 is 3.05 bits per heavy atom. The molecule has 0 aliphatic heterocycles. The number of rotatable bonds is 8. The fraction of sp³-hybridized carbons (Fsp3) is 0.467. The Balaban J connectivity index is 1.74. The molecule has 0 unspecified atom stereocenters. The number of nitrogens with zero attached hydrogens (tertiary/aromatic N) is 2. The topological polar surface area (TPSA) is 46.9 Å². The molecule has 0 aliphatic rings. The highest BCUT2D eigenvalue weighted by atomic mass is 32.2. The van der Waals surface area contributed by atoms with Crippen molar-refractivity contribution in [3.8, 4) is 0 Å². The molecule has 1 aromatic carbocycles. The Hall–Kier alpha value is -1.49. The fourth-order valence-electron chi connectivity index (χ4n) is 1.99. The van der Waals surface area contributed by atoms with Crippen molar-refractivity contribution in [3.63, 3.8) is 0 Å². The van der Waals surface area contributed by atoms with Gasteiger partial charge in [-0.05, 0) is 30.4 Å². The van der Waals surface area contributed by atoms with E-state index in [1.807, 2.05) is 36.0 Å². The highest BCUT2D eigenvalue weighted by Gasteiger charge is 2.06. The normalized spacial score (nSPS) is 10.8. The van der Waals surface area contributed by atoms with E-state index < -0.39 is 0 Å². The summed E-state index contributed by atoms with van der Waals surface area (Å²) in [6, 6.07) is 7.92. The van der Waals surface area contributed by atoms with Crippen LogP contribution in [0.5, 0.6) is 0 Å². The van der Waals surface area contributed by atoms with Gasteiger partial charge in [-0.15, -0.1) is 0 Å². The van der Waals surface area contributed by atoms with Crippen molar-refractivity contribution in [3.05, 3.63) is 30.5 Å². The molecule has 5 heteroatoms. The molecular formula is C15H21N3OS. The molecule has 1 amide bonds. The van der Waals surface area contributed by atoms with Gasteiger partial charge in [0.15, 0.2) is 0 Å². The van der Waals surface area contributed by atoms with E-state index in [0.29, 0.717) is 0 Å². The zero-order valence-electron chi connectivity index (χ0n) is 11.8. The van der Waals surface area contributed by atoms with Gasteiger partial charge in [-0.25, -0.2) is 0 Å². The van der Waals surface area contributed by atoms with E-state index in [9.17, 15) is 4.79 Å². The minimum Gasteiger partial charge on any atom is -0.354 e. The summed E-state index contributed by atoms with van der Waals surface area (Å²) >= 11 is 1.94. The molecule has 0 radical (unpaired) electrons. The van der Waals surface area contributed by atoms with Gasteiger partial charge in [0.25, 0.3) is 0 Å². The van der Waals surface area contributed by atoms with Crippen LogP contribution in [0.3, 0.4) is 0 Å². The summed E-state index contributed by atoms with van der Waals surface area (Å²) in [7, 11) is 0. The van der Waals surface area contributed by atoms with Crippen LogP contribution in [-0.4, -0.2) is 33.7 Å². The highest BCUT2D eigenvalue weighted by Crippen LogP contribution is 2.12. The molecule has 2 rings (SSSR count). The Morgan fingerprint density at radius 2 is 2.20 bits per heavy atom. The van der Waals surface area contributed by atoms with Gasteiger partial charge in [0.05, 0.1) is 11.7 Å². The first-order valence-corrected chi connectivity index (χ1v) is 8.21. The van der Waals surface area contributed by atoms with Crippen LogP contribution < -0.4 is 5.32 Å². The van der Waals surface area contributed by atoms with Gasteiger partial charge < -0.3 is 5.32 Å². The summed E-state index contributed by atoms with van der Waals surface area (Å²) in [4.78, 5) is 11.9. The number of carbonyl (C=O) groups excluding carboxylic acids is 1. The molecule has 20 heavy (non-hydrogen) atoms. The molecule has 0 bridgehead atoms. The van der Waals surface area contributed by atoms with Gasteiger partial charge in [-0.1, -0.05) is 25.1 Å². The lowest BCUT2D eigenvalue weighted by molar-refractivity contribution is -0.121. The van der Waals surface area contributed by atoms with Crippen LogP contribution in [0.25, 0.3) is 10.9 Å². The first-order valence-electron chi connectivity index (χ1n) is 7.06. The Kier molecular flexibility index (Phi) is 5.92. The van der Waals surface area contributed by atoms with Crippen molar-refractivity contribution in [1.82, 2.24) is 15.1 Å². The lowest BCUT2D eigenvalue weighted by Crippen LogP contribution is -2.29. The van der Waals surface area contributed by atoms with E-state index >= 15 is 0 Å². The monoisotopic (exact) mass is 291 g/mol. The van der Waals surface area contributed by atoms with Crippen LogP contribution >= 0.6 is 11.8 Å². The fourth-order valence-corrected chi connectivity index (χ4v) is 2.83. The van der Waals surface area contributed by atoms with E-state index in [1.165, 1.54) is 12.2 Å².